The Morgan fingerprint density at radius 1 is 0.891 bits per heavy atom. The van der Waals surface area contributed by atoms with Gasteiger partial charge in [-0.25, -0.2) is 0 Å². The highest BCUT2D eigenvalue weighted by Crippen LogP contribution is 2.40. The number of hydrazone groups is 1. The second-order valence-corrected chi connectivity index (χ2v) is 15.8. The molecular weight excluding hydrogens is 761 g/mol. The summed E-state index contributed by atoms with van der Waals surface area (Å²) in [5.41, 5.74) is 3.48. The molecule has 13 heteroatoms. The van der Waals surface area contributed by atoms with Gasteiger partial charge in [-0.05, 0) is 89.4 Å². The van der Waals surface area contributed by atoms with Crippen LogP contribution < -0.4 is 19.8 Å². The van der Waals surface area contributed by atoms with Crippen molar-refractivity contribution >= 4 is 69.6 Å². The number of benzene rings is 4. The third kappa shape index (κ3) is 9.73. The van der Waals surface area contributed by atoms with Gasteiger partial charge in [0.25, 0.3) is 11.8 Å². The smallest absolute Gasteiger partial charge is 0.282 e. The fraction of sp³-hybridized carbons (Fsp3) is 0.333. The molecule has 0 fully saturated rings. The van der Waals surface area contributed by atoms with Crippen LogP contribution in [0.2, 0.25) is 15.1 Å². The summed E-state index contributed by atoms with van der Waals surface area (Å²) in [6.45, 7) is 13.0. The van der Waals surface area contributed by atoms with Crippen molar-refractivity contribution in [3.63, 3.8) is 0 Å². The molecule has 1 aliphatic heterocycles. The molecule has 1 unspecified atom stereocenters. The minimum Gasteiger partial charge on any atom is -0.497 e. The number of azo groups is 1. The lowest BCUT2D eigenvalue weighted by Crippen LogP contribution is -2.39. The summed E-state index contributed by atoms with van der Waals surface area (Å²) in [4.78, 5) is 40.7. The van der Waals surface area contributed by atoms with Gasteiger partial charge in [0.1, 0.15) is 23.8 Å². The molecule has 0 saturated heterocycles. The summed E-state index contributed by atoms with van der Waals surface area (Å²) < 4.78 is 11.3. The van der Waals surface area contributed by atoms with Gasteiger partial charge in [0.15, 0.2) is 11.6 Å². The maximum Gasteiger partial charge on any atom is 0.282 e. The minimum absolute atomic E-state index is 0.00388. The zero-order valence-electron chi connectivity index (χ0n) is 31.9. The van der Waals surface area contributed by atoms with E-state index in [9.17, 15) is 14.4 Å². The molecule has 4 aromatic carbocycles. The Balaban J connectivity index is 1.34. The molecule has 2 amide bonds. The predicted molar refractivity (Wildman–Crippen MR) is 219 cm³/mol. The first-order valence-electron chi connectivity index (χ1n) is 17.9. The predicted octanol–water partition coefficient (Wildman–Crippen LogP) is 10.5. The Labute approximate surface area is 336 Å². The molecule has 0 saturated carbocycles. The van der Waals surface area contributed by atoms with Crippen molar-refractivity contribution in [3.05, 3.63) is 116 Å². The van der Waals surface area contributed by atoms with Gasteiger partial charge in [0.2, 0.25) is 6.04 Å². The van der Waals surface area contributed by atoms with Crippen LogP contribution in [0.15, 0.2) is 94.2 Å². The van der Waals surface area contributed by atoms with Crippen molar-refractivity contribution < 1.29 is 23.9 Å². The number of hydrogen-bond acceptors (Lipinski definition) is 8. The summed E-state index contributed by atoms with van der Waals surface area (Å²) in [7, 11) is 1.54. The van der Waals surface area contributed by atoms with Crippen molar-refractivity contribution in [2.24, 2.45) is 15.3 Å². The number of carbonyl (C=O) groups excluding carboxylic acids is 3. The molecule has 5 rings (SSSR count). The van der Waals surface area contributed by atoms with Gasteiger partial charge in [0, 0.05) is 22.6 Å². The molecule has 55 heavy (non-hydrogen) atoms. The van der Waals surface area contributed by atoms with Crippen molar-refractivity contribution in [1.29, 1.82) is 0 Å². The minimum atomic E-state index is -1.35. The number of nitrogens with one attached hydrogen (secondary N) is 1. The molecule has 0 radical (unpaired) electrons. The molecule has 0 aliphatic carbocycles. The van der Waals surface area contributed by atoms with Crippen LogP contribution in [-0.2, 0) is 26.8 Å². The number of ether oxygens (including phenoxy) is 2. The largest absolute Gasteiger partial charge is 0.497 e. The zero-order chi connectivity index (χ0) is 40.1. The lowest BCUT2D eigenvalue weighted by molar-refractivity contribution is -0.120. The normalized spacial score (nSPS) is 14.7. The molecule has 10 nitrogen and oxygen atoms in total. The summed E-state index contributed by atoms with van der Waals surface area (Å²) in [5.74, 6) is -0.210. The second-order valence-electron chi connectivity index (χ2n) is 14.5. The lowest BCUT2D eigenvalue weighted by Gasteiger charge is -2.30. The molecule has 288 valence electrons. The van der Waals surface area contributed by atoms with Gasteiger partial charge >= 0.3 is 0 Å². The van der Waals surface area contributed by atoms with E-state index in [4.69, 9.17) is 44.3 Å². The number of methoxy groups -OCH3 is 1. The van der Waals surface area contributed by atoms with E-state index in [-0.39, 0.29) is 61.8 Å². The molecule has 1 aliphatic rings. The lowest BCUT2D eigenvalue weighted by atomic mass is 9.76. The molecule has 1 heterocycles. The molecule has 1 N–H and O–H groups in total. The van der Waals surface area contributed by atoms with E-state index < -0.39 is 17.9 Å². The molecule has 0 spiro atoms. The number of anilines is 1. The second kappa shape index (κ2) is 17.4. The van der Waals surface area contributed by atoms with Gasteiger partial charge < -0.3 is 14.8 Å². The van der Waals surface area contributed by atoms with Gasteiger partial charge in [-0.2, -0.15) is 15.2 Å². The number of carbonyl (C=O) groups is 3. The molecule has 0 aromatic heterocycles. The third-order valence-corrected chi connectivity index (χ3v) is 10.7. The third-order valence-electron chi connectivity index (χ3n) is 9.94. The van der Waals surface area contributed by atoms with Crippen LogP contribution in [0.1, 0.15) is 81.4 Å². The fourth-order valence-electron chi connectivity index (χ4n) is 5.76. The summed E-state index contributed by atoms with van der Waals surface area (Å²) in [6.07, 6.45) is 1.92. The number of hydrogen-bond donors (Lipinski definition) is 1. The monoisotopic (exact) mass is 803 g/mol. The van der Waals surface area contributed by atoms with E-state index in [0.717, 1.165) is 23.4 Å². The topological polar surface area (TPSA) is 122 Å². The first-order valence-corrected chi connectivity index (χ1v) is 19.0. The van der Waals surface area contributed by atoms with Crippen LogP contribution in [0.5, 0.6) is 11.5 Å². The number of ketones is 1. The maximum atomic E-state index is 13.7. The Morgan fingerprint density at radius 3 is 2.20 bits per heavy atom. The summed E-state index contributed by atoms with van der Waals surface area (Å²) in [6, 6.07) is 21.1. The van der Waals surface area contributed by atoms with Crippen LogP contribution in [0.25, 0.3) is 0 Å². The molecular formula is C42H44Cl3N5O5. The Morgan fingerprint density at radius 2 is 1.56 bits per heavy atom. The molecule has 4 aromatic rings. The van der Waals surface area contributed by atoms with Crippen LogP contribution in [-0.4, -0.2) is 43.2 Å². The number of amidine groups is 1. The van der Waals surface area contributed by atoms with E-state index in [1.54, 1.807) is 55.6 Å². The summed E-state index contributed by atoms with van der Waals surface area (Å²) in [5, 5.41) is 16.9. The first kappa shape index (κ1) is 41.4. The highest BCUT2D eigenvalue weighted by molar-refractivity contribution is 6.43. The van der Waals surface area contributed by atoms with E-state index in [2.05, 4.69) is 74.3 Å². The average Bonchev–Trinajstić information content (AvgIpc) is 3.45. The van der Waals surface area contributed by atoms with E-state index in [0.29, 0.717) is 22.7 Å². The van der Waals surface area contributed by atoms with Gasteiger partial charge in [-0.15, -0.1) is 5.10 Å². The fourth-order valence-corrected chi connectivity index (χ4v) is 6.74. The van der Waals surface area contributed by atoms with Gasteiger partial charge in [0.05, 0.1) is 22.8 Å². The van der Waals surface area contributed by atoms with Crippen molar-refractivity contribution in [3.8, 4) is 11.5 Å². The average molecular weight is 805 g/mol. The Bertz CT molecular complexity index is 2130. The first-order chi connectivity index (χ1) is 26.1. The standard InChI is InChI=1S/C42H44Cl3N5O5/c1-8-41(3,4)27-13-18-35(32(21-27)42(5,6)9-2)55-24-30(51)20-25-11-10-12-26(19-25)39(52)46-38-36(48-47-29-14-16-31(54-7)17-15-29)40(53)50(49-38)37-33(44)22-28(43)23-34(37)45/h10-19,21-23,36H,8-9,20,24H2,1-7H3,(H,46,49,52). The quantitative estimate of drug-likeness (QED) is 0.127. The Kier molecular flexibility index (Phi) is 13.1. The van der Waals surface area contributed by atoms with Crippen molar-refractivity contribution in [2.45, 2.75) is 77.7 Å². The van der Waals surface area contributed by atoms with Crippen LogP contribution in [0.3, 0.4) is 0 Å². The SMILES string of the molecule is CCC(C)(C)c1ccc(OCC(=O)Cc2cccc(C(=O)NC3=NN(c4c(Cl)cc(Cl)cc4Cl)C(=O)C3N=Nc3ccc(OC)cc3)c2)c(C(C)(C)CC)c1. The van der Waals surface area contributed by atoms with E-state index in [1.807, 2.05) is 6.07 Å². The zero-order valence-corrected chi connectivity index (χ0v) is 34.1. The van der Waals surface area contributed by atoms with Crippen molar-refractivity contribution in [1.82, 2.24) is 5.32 Å². The number of amides is 2. The van der Waals surface area contributed by atoms with E-state index in [1.165, 1.54) is 17.7 Å². The van der Waals surface area contributed by atoms with Crippen molar-refractivity contribution in [2.75, 3.05) is 18.7 Å². The van der Waals surface area contributed by atoms with Crippen LogP contribution in [0, 0.1) is 0 Å². The number of halogens is 3. The number of nitrogens with zero attached hydrogens (tertiary/aromatic N) is 4. The van der Waals surface area contributed by atoms with Gasteiger partial charge in [-0.1, -0.05) is 101 Å². The highest BCUT2D eigenvalue weighted by atomic mass is 35.5. The summed E-state index contributed by atoms with van der Waals surface area (Å²) >= 11 is 19.0. The van der Waals surface area contributed by atoms with Crippen LogP contribution >= 0.6 is 34.8 Å². The number of Topliss-reactive ketones (excluding diaryl/α,β-unsaturated/α-hetero) is 1. The molecule has 1 atom stereocenters. The Hall–Kier alpha value is -4.77. The molecule has 0 bridgehead atoms. The maximum absolute atomic E-state index is 13.7. The van der Waals surface area contributed by atoms with Crippen LogP contribution in [0.4, 0.5) is 11.4 Å². The van der Waals surface area contributed by atoms with E-state index >= 15 is 0 Å². The highest BCUT2D eigenvalue weighted by Gasteiger charge is 2.40. The van der Waals surface area contributed by atoms with Gasteiger partial charge in [-0.3, -0.25) is 14.4 Å². The number of rotatable bonds is 14.